The van der Waals surface area contributed by atoms with E-state index in [9.17, 15) is 4.79 Å². The van der Waals surface area contributed by atoms with Gasteiger partial charge < -0.3 is 10.2 Å². The van der Waals surface area contributed by atoms with Gasteiger partial charge in [-0.25, -0.2) is 4.98 Å². The molecule has 0 bridgehead atoms. The first-order valence-corrected chi connectivity index (χ1v) is 8.33. The highest BCUT2D eigenvalue weighted by Gasteiger charge is 2.26. The number of carbonyl (C=O) groups excluding carboxylic acids is 1. The summed E-state index contributed by atoms with van der Waals surface area (Å²) < 4.78 is 1.75. The van der Waals surface area contributed by atoms with Gasteiger partial charge in [0.1, 0.15) is 9.88 Å². The fourth-order valence-corrected chi connectivity index (χ4v) is 3.80. The van der Waals surface area contributed by atoms with Crippen LogP contribution in [-0.4, -0.2) is 51.8 Å². The number of carbonyl (C=O) groups is 1. The van der Waals surface area contributed by atoms with Gasteiger partial charge in [-0.3, -0.25) is 9.48 Å². The number of hydrogen-bond donors (Lipinski definition) is 1. The zero-order valence-electron chi connectivity index (χ0n) is 13.2. The molecule has 22 heavy (non-hydrogen) atoms. The van der Waals surface area contributed by atoms with Crippen LogP contribution >= 0.6 is 11.3 Å². The first kappa shape index (κ1) is 15.2. The van der Waals surface area contributed by atoms with Crippen molar-refractivity contribution in [3.63, 3.8) is 0 Å². The second-order valence-corrected chi connectivity index (χ2v) is 6.71. The van der Waals surface area contributed by atoms with E-state index >= 15 is 0 Å². The summed E-state index contributed by atoms with van der Waals surface area (Å²) in [5, 5.41) is 8.30. The van der Waals surface area contributed by atoms with E-state index in [1.54, 1.807) is 10.9 Å². The molecule has 118 valence electrons. The number of piperidine rings is 1. The molecule has 1 aliphatic heterocycles. The lowest BCUT2D eigenvalue weighted by Crippen LogP contribution is -2.46. The van der Waals surface area contributed by atoms with Crippen molar-refractivity contribution in [2.45, 2.75) is 25.8 Å². The minimum atomic E-state index is 0.102. The molecule has 1 aliphatic rings. The lowest BCUT2D eigenvalue weighted by molar-refractivity contribution is 0.0702. The Morgan fingerprint density at radius 1 is 1.50 bits per heavy atom. The highest BCUT2D eigenvalue weighted by Crippen LogP contribution is 2.29. The van der Waals surface area contributed by atoms with E-state index in [2.05, 4.69) is 15.4 Å². The van der Waals surface area contributed by atoms with Crippen molar-refractivity contribution in [2.24, 2.45) is 7.05 Å². The van der Waals surface area contributed by atoms with Crippen molar-refractivity contribution < 1.29 is 4.79 Å². The van der Waals surface area contributed by atoms with Crippen molar-refractivity contribution >= 4 is 17.2 Å². The molecule has 1 fully saturated rings. The van der Waals surface area contributed by atoms with Crippen molar-refractivity contribution in [1.29, 1.82) is 0 Å². The van der Waals surface area contributed by atoms with Gasteiger partial charge in [-0.05, 0) is 26.8 Å². The lowest BCUT2D eigenvalue weighted by Gasteiger charge is -2.32. The summed E-state index contributed by atoms with van der Waals surface area (Å²) in [7, 11) is 3.83. The maximum Gasteiger partial charge on any atom is 0.265 e. The predicted octanol–water partition coefficient (Wildman–Crippen LogP) is 1.68. The van der Waals surface area contributed by atoms with E-state index in [4.69, 9.17) is 0 Å². The second kappa shape index (κ2) is 6.18. The molecule has 3 heterocycles. The Morgan fingerprint density at radius 2 is 2.32 bits per heavy atom. The maximum absolute atomic E-state index is 12.8. The minimum Gasteiger partial charge on any atom is -0.336 e. The Labute approximate surface area is 134 Å². The van der Waals surface area contributed by atoms with Gasteiger partial charge in [-0.1, -0.05) is 0 Å². The van der Waals surface area contributed by atoms with Gasteiger partial charge >= 0.3 is 0 Å². The average Bonchev–Trinajstić information content (AvgIpc) is 3.12. The Kier molecular flexibility index (Phi) is 4.26. The van der Waals surface area contributed by atoms with E-state index in [0.717, 1.165) is 47.1 Å². The molecule has 7 heteroatoms. The van der Waals surface area contributed by atoms with Gasteiger partial charge in [0.25, 0.3) is 5.91 Å². The number of hydrogen-bond acceptors (Lipinski definition) is 5. The summed E-state index contributed by atoms with van der Waals surface area (Å²) in [5.41, 5.74) is 1.77. The molecule has 0 aromatic carbocycles. The molecule has 0 radical (unpaired) electrons. The predicted molar refractivity (Wildman–Crippen MR) is 87.0 cm³/mol. The molecular formula is C15H21N5OS. The molecular weight excluding hydrogens is 298 g/mol. The van der Waals surface area contributed by atoms with E-state index in [1.165, 1.54) is 11.3 Å². The highest BCUT2D eigenvalue weighted by atomic mass is 32.1. The summed E-state index contributed by atoms with van der Waals surface area (Å²) in [6, 6.07) is 0.392. The van der Waals surface area contributed by atoms with Crippen LogP contribution in [0, 0.1) is 6.92 Å². The summed E-state index contributed by atoms with van der Waals surface area (Å²) in [6.07, 6.45) is 5.88. The molecule has 1 N–H and O–H groups in total. The monoisotopic (exact) mass is 319 g/mol. The zero-order valence-corrected chi connectivity index (χ0v) is 14.0. The van der Waals surface area contributed by atoms with Crippen LogP contribution < -0.4 is 5.32 Å². The standard InChI is InChI=1S/C15H21N5OS/c1-10-13(15(21)20-6-4-5-12(9-20)16-2)22-14(18-10)11-7-17-19(3)8-11/h7-8,12,16H,4-6,9H2,1-3H3. The quantitative estimate of drug-likeness (QED) is 0.935. The normalized spacial score (nSPS) is 18.7. The van der Waals surface area contributed by atoms with Crippen LogP contribution in [-0.2, 0) is 7.05 Å². The van der Waals surface area contributed by atoms with Gasteiger partial charge in [-0.15, -0.1) is 11.3 Å². The molecule has 1 amide bonds. The Hall–Kier alpha value is -1.73. The zero-order chi connectivity index (χ0) is 15.7. The molecule has 0 aliphatic carbocycles. The van der Waals surface area contributed by atoms with Crippen LogP contribution in [0.25, 0.3) is 10.6 Å². The van der Waals surface area contributed by atoms with Crippen LogP contribution in [0.15, 0.2) is 12.4 Å². The van der Waals surface area contributed by atoms with Gasteiger partial charge in [0.15, 0.2) is 0 Å². The molecule has 0 saturated carbocycles. The Bertz CT molecular complexity index is 677. The first-order valence-electron chi connectivity index (χ1n) is 7.51. The molecule has 2 aromatic heterocycles. The number of likely N-dealkylation sites (N-methyl/N-ethyl adjacent to an activating group) is 1. The third kappa shape index (κ3) is 2.91. The Morgan fingerprint density at radius 3 is 3.00 bits per heavy atom. The van der Waals surface area contributed by atoms with Crippen molar-refractivity contribution in [2.75, 3.05) is 20.1 Å². The van der Waals surface area contributed by atoms with E-state index in [0.29, 0.717) is 6.04 Å². The maximum atomic E-state index is 12.8. The van der Waals surface area contributed by atoms with Crippen LogP contribution in [0.1, 0.15) is 28.2 Å². The largest absolute Gasteiger partial charge is 0.336 e. The van der Waals surface area contributed by atoms with E-state index in [-0.39, 0.29) is 5.91 Å². The summed E-state index contributed by atoms with van der Waals surface area (Å²) in [6.45, 7) is 3.51. The topological polar surface area (TPSA) is 63.1 Å². The van der Waals surface area contributed by atoms with Gasteiger partial charge in [-0.2, -0.15) is 5.10 Å². The lowest BCUT2D eigenvalue weighted by atomic mass is 10.1. The number of thiazole rings is 1. The third-order valence-corrected chi connectivity index (χ3v) is 5.25. The van der Waals surface area contributed by atoms with Gasteiger partial charge in [0, 0.05) is 37.9 Å². The first-order chi connectivity index (χ1) is 10.6. The van der Waals surface area contributed by atoms with Crippen LogP contribution in [0.3, 0.4) is 0 Å². The number of nitrogens with zero attached hydrogens (tertiary/aromatic N) is 4. The number of nitrogens with one attached hydrogen (secondary N) is 1. The van der Waals surface area contributed by atoms with Crippen molar-refractivity contribution in [1.82, 2.24) is 25.0 Å². The number of rotatable bonds is 3. The van der Waals surface area contributed by atoms with Crippen LogP contribution in [0.4, 0.5) is 0 Å². The fraction of sp³-hybridized carbons (Fsp3) is 0.533. The summed E-state index contributed by atoms with van der Waals surface area (Å²) in [4.78, 5) is 20.0. The van der Waals surface area contributed by atoms with Crippen LogP contribution in [0.2, 0.25) is 0 Å². The minimum absolute atomic E-state index is 0.102. The molecule has 1 unspecified atom stereocenters. The number of amides is 1. The molecule has 0 spiro atoms. The highest BCUT2D eigenvalue weighted by molar-refractivity contribution is 7.17. The fourth-order valence-electron chi connectivity index (χ4n) is 2.79. The van der Waals surface area contributed by atoms with Gasteiger partial charge in [0.05, 0.1) is 11.9 Å². The van der Waals surface area contributed by atoms with E-state index in [1.807, 2.05) is 32.1 Å². The second-order valence-electron chi connectivity index (χ2n) is 5.72. The number of aromatic nitrogens is 3. The summed E-state index contributed by atoms with van der Waals surface area (Å²) in [5.74, 6) is 0.102. The SMILES string of the molecule is CNC1CCCN(C(=O)c2sc(-c3cnn(C)c3)nc2C)C1. The van der Waals surface area contributed by atoms with Crippen molar-refractivity contribution in [3.05, 3.63) is 23.0 Å². The number of aryl methyl sites for hydroxylation is 2. The molecule has 1 atom stereocenters. The Balaban J connectivity index is 1.82. The smallest absolute Gasteiger partial charge is 0.265 e. The van der Waals surface area contributed by atoms with Crippen molar-refractivity contribution in [3.8, 4) is 10.6 Å². The summed E-state index contributed by atoms with van der Waals surface area (Å²) >= 11 is 1.46. The third-order valence-electron chi connectivity index (χ3n) is 4.06. The number of likely N-dealkylation sites (tertiary alicyclic amines) is 1. The van der Waals surface area contributed by atoms with E-state index < -0.39 is 0 Å². The average molecular weight is 319 g/mol. The molecule has 2 aromatic rings. The molecule has 6 nitrogen and oxygen atoms in total. The van der Waals surface area contributed by atoms with Gasteiger partial charge in [0.2, 0.25) is 0 Å². The molecule has 3 rings (SSSR count). The van der Waals surface area contributed by atoms with Crippen LogP contribution in [0.5, 0.6) is 0 Å². The molecule has 1 saturated heterocycles.